The molecule has 0 aliphatic heterocycles. The summed E-state index contributed by atoms with van der Waals surface area (Å²) in [7, 11) is 3.27. The van der Waals surface area contributed by atoms with Gasteiger partial charge in [0.25, 0.3) is 0 Å². The Morgan fingerprint density at radius 3 is 2.90 bits per heavy atom. The van der Waals surface area contributed by atoms with Gasteiger partial charge in [0.05, 0.1) is 23.7 Å². The molecular formula is C14H16ClN3O2S. The number of nitrogens with one attached hydrogen (secondary N) is 1. The Morgan fingerprint density at radius 2 is 2.29 bits per heavy atom. The fraction of sp³-hybridized carbons (Fsp3) is 0.286. The molecule has 1 heterocycles. The molecule has 7 heteroatoms. The standard InChI is InChI=1S/C14H16ClN3O2S/c1-9-16-7-11(21-9)8-18(2)14(19)17-10-4-5-12(15)13(6-10)20-3/h4-7H,8H2,1-3H3,(H,17,19). The second-order valence-corrected chi connectivity index (χ2v) is 6.21. The molecule has 1 N–H and O–H groups in total. The van der Waals surface area contributed by atoms with E-state index >= 15 is 0 Å². The van der Waals surface area contributed by atoms with Crippen molar-refractivity contribution in [1.82, 2.24) is 9.88 Å². The van der Waals surface area contributed by atoms with E-state index in [0.717, 1.165) is 9.88 Å². The molecule has 0 spiro atoms. The second-order valence-electron chi connectivity index (χ2n) is 4.48. The van der Waals surface area contributed by atoms with Gasteiger partial charge in [0.2, 0.25) is 0 Å². The van der Waals surface area contributed by atoms with Crippen molar-refractivity contribution in [1.29, 1.82) is 0 Å². The van der Waals surface area contributed by atoms with Crippen molar-refractivity contribution < 1.29 is 9.53 Å². The molecule has 0 aliphatic rings. The van der Waals surface area contributed by atoms with E-state index in [1.807, 2.05) is 6.92 Å². The van der Waals surface area contributed by atoms with Gasteiger partial charge in [-0.05, 0) is 19.1 Å². The Balaban J connectivity index is 2.00. The van der Waals surface area contributed by atoms with E-state index in [1.54, 1.807) is 47.7 Å². The SMILES string of the molecule is COc1cc(NC(=O)N(C)Cc2cnc(C)s2)ccc1Cl. The smallest absolute Gasteiger partial charge is 0.321 e. The zero-order valence-electron chi connectivity index (χ0n) is 12.0. The Bertz CT molecular complexity index is 645. The fourth-order valence-electron chi connectivity index (χ4n) is 1.74. The number of benzene rings is 1. The van der Waals surface area contributed by atoms with Crippen LogP contribution in [0.2, 0.25) is 5.02 Å². The minimum absolute atomic E-state index is 0.203. The molecule has 1 aromatic heterocycles. The Morgan fingerprint density at radius 1 is 1.52 bits per heavy atom. The number of aromatic nitrogens is 1. The lowest BCUT2D eigenvalue weighted by Crippen LogP contribution is -2.30. The monoisotopic (exact) mass is 325 g/mol. The number of rotatable bonds is 4. The summed E-state index contributed by atoms with van der Waals surface area (Å²) in [6, 6.07) is 4.89. The Kier molecular flexibility index (Phi) is 5.03. The third-order valence-electron chi connectivity index (χ3n) is 2.81. The highest BCUT2D eigenvalue weighted by molar-refractivity contribution is 7.11. The van der Waals surface area contributed by atoms with Crippen LogP contribution in [0, 0.1) is 6.92 Å². The Labute approximate surface area is 132 Å². The number of ether oxygens (including phenoxy) is 1. The van der Waals surface area contributed by atoms with Crippen molar-refractivity contribution in [2.24, 2.45) is 0 Å². The summed E-state index contributed by atoms with van der Waals surface area (Å²) in [5.74, 6) is 0.523. The zero-order chi connectivity index (χ0) is 15.4. The lowest BCUT2D eigenvalue weighted by Gasteiger charge is -2.17. The normalized spacial score (nSPS) is 10.3. The number of hydrogen-bond donors (Lipinski definition) is 1. The third-order valence-corrected chi connectivity index (χ3v) is 4.02. The number of amides is 2. The van der Waals surface area contributed by atoms with Gasteiger partial charge in [-0.3, -0.25) is 0 Å². The number of methoxy groups -OCH3 is 1. The molecule has 2 amide bonds. The lowest BCUT2D eigenvalue weighted by molar-refractivity contribution is 0.221. The summed E-state index contributed by atoms with van der Waals surface area (Å²) in [4.78, 5) is 18.9. The van der Waals surface area contributed by atoms with E-state index in [4.69, 9.17) is 16.3 Å². The quantitative estimate of drug-likeness (QED) is 0.930. The zero-order valence-corrected chi connectivity index (χ0v) is 13.6. The number of hydrogen-bond acceptors (Lipinski definition) is 4. The van der Waals surface area contributed by atoms with Crippen LogP contribution in [0.15, 0.2) is 24.4 Å². The first-order chi connectivity index (χ1) is 9.99. The summed E-state index contributed by atoms with van der Waals surface area (Å²) < 4.78 is 5.12. The van der Waals surface area contributed by atoms with E-state index in [1.165, 1.54) is 7.11 Å². The number of urea groups is 1. The number of thiazole rings is 1. The van der Waals surface area contributed by atoms with Gasteiger partial charge in [-0.25, -0.2) is 9.78 Å². The molecule has 0 saturated heterocycles. The summed E-state index contributed by atoms with van der Waals surface area (Å²) in [6.07, 6.45) is 1.79. The maximum Gasteiger partial charge on any atom is 0.321 e. The van der Waals surface area contributed by atoms with Gasteiger partial charge in [-0.1, -0.05) is 11.6 Å². The first-order valence-corrected chi connectivity index (χ1v) is 7.46. The average Bonchev–Trinajstić information content (AvgIpc) is 2.86. The summed E-state index contributed by atoms with van der Waals surface area (Å²) in [5.41, 5.74) is 0.633. The van der Waals surface area contributed by atoms with Crippen molar-refractivity contribution in [3.8, 4) is 5.75 Å². The van der Waals surface area contributed by atoms with Crippen LogP contribution >= 0.6 is 22.9 Å². The van der Waals surface area contributed by atoms with E-state index in [2.05, 4.69) is 10.3 Å². The number of anilines is 1. The summed E-state index contributed by atoms with van der Waals surface area (Å²) in [6.45, 7) is 2.45. The first kappa shape index (κ1) is 15.6. The molecule has 5 nitrogen and oxygen atoms in total. The van der Waals surface area contributed by atoms with E-state index < -0.39 is 0 Å². The highest BCUT2D eigenvalue weighted by atomic mass is 35.5. The van der Waals surface area contributed by atoms with Gasteiger partial charge in [0.1, 0.15) is 5.75 Å². The first-order valence-electron chi connectivity index (χ1n) is 6.26. The average molecular weight is 326 g/mol. The molecule has 0 fully saturated rings. The minimum Gasteiger partial charge on any atom is -0.495 e. The molecule has 0 radical (unpaired) electrons. The molecule has 0 saturated carbocycles. The van der Waals surface area contributed by atoms with Gasteiger partial charge < -0.3 is 15.0 Å². The van der Waals surface area contributed by atoms with Crippen LogP contribution in [-0.4, -0.2) is 30.1 Å². The lowest BCUT2D eigenvalue weighted by atomic mass is 10.3. The van der Waals surface area contributed by atoms with Gasteiger partial charge >= 0.3 is 6.03 Å². The van der Waals surface area contributed by atoms with Crippen LogP contribution < -0.4 is 10.1 Å². The largest absolute Gasteiger partial charge is 0.495 e. The number of halogens is 1. The maximum atomic E-state index is 12.1. The van der Waals surface area contributed by atoms with E-state index in [-0.39, 0.29) is 6.03 Å². The molecule has 0 unspecified atom stereocenters. The molecule has 1 aromatic carbocycles. The van der Waals surface area contributed by atoms with E-state index in [9.17, 15) is 4.79 Å². The molecule has 2 rings (SSSR count). The number of aryl methyl sites for hydroxylation is 1. The van der Waals surface area contributed by atoms with Gasteiger partial charge in [-0.15, -0.1) is 11.3 Å². The van der Waals surface area contributed by atoms with Crippen LogP contribution in [0.25, 0.3) is 0 Å². The van der Waals surface area contributed by atoms with E-state index in [0.29, 0.717) is 23.0 Å². The fourth-order valence-corrected chi connectivity index (χ4v) is 2.78. The second kappa shape index (κ2) is 6.78. The predicted molar refractivity (Wildman–Crippen MR) is 85.3 cm³/mol. The van der Waals surface area contributed by atoms with Gasteiger partial charge in [0, 0.05) is 29.9 Å². The highest BCUT2D eigenvalue weighted by Gasteiger charge is 2.12. The van der Waals surface area contributed by atoms with Crippen LogP contribution in [0.1, 0.15) is 9.88 Å². The predicted octanol–water partition coefficient (Wildman–Crippen LogP) is 3.78. The van der Waals surface area contributed by atoms with Crippen LogP contribution in [0.3, 0.4) is 0 Å². The Hall–Kier alpha value is -1.79. The van der Waals surface area contributed by atoms with Crippen LogP contribution in [0.5, 0.6) is 5.75 Å². The van der Waals surface area contributed by atoms with Crippen molar-refractivity contribution in [2.75, 3.05) is 19.5 Å². The van der Waals surface area contributed by atoms with Gasteiger partial charge in [-0.2, -0.15) is 0 Å². The molecule has 0 atom stereocenters. The summed E-state index contributed by atoms with van der Waals surface area (Å²) in [5, 5.41) is 4.29. The minimum atomic E-state index is -0.203. The molecule has 21 heavy (non-hydrogen) atoms. The molecular weight excluding hydrogens is 310 g/mol. The molecule has 112 valence electrons. The van der Waals surface area contributed by atoms with Crippen LogP contribution in [-0.2, 0) is 6.54 Å². The molecule has 0 aliphatic carbocycles. The van der Waals surface area contributed by atoms with Crippen molar-refractivity contribution >= 4 is 34.7 Å². The number of carbonyl (C=O) groups excluding carboxylic acids is 1. The number of carbonyl (C=O) groups is 1. The molecule has 2 aromatic rings. The maximum absolute atomic E-state index is 12.1. The van der Waals surface area contributed by atoms with Crippen molar-refractivity contribution in [2.45, 2.75) is 13.5 Å². The summed E-state index contributed by atoms with van der Waals surface area (Å²) >= 11 is 7.53. The van der Waals surface area contributed by atoms with Gasteiger partial charge in [0.15, 0.2) is 0 Å². The van der Waals surface area contributed by atoms with Crippen LogP contribution in [0.4, 0.5) is 10.5 Å². The highest BCUT2D eigenvalue weighted by Crippen LogP contribution is 2.27. The van der Waals surface area contributed by atoms with Crippen molar-refractivity contribution in [3.63, 3.8) is 0 Å². The number of nitrogens with zero attached hydrogens (tertiary/aromatic N) is 2. The third kappa shape index (κ3) is 4.09. The molecule has 0 bridgehead atoms. The van der Waals surface area contributed by atoms with Crippen molar-refractivity contribution in [3.05, 3.63) is 39.3 Å². The topological polar surface area (TPSA) is 54.5 Å².